The van der Waals surface area contributed by atoms with E-state index in [9.17, 15) is 84.2 Å². The summed E-state index contributed by atoms with van der Waals surface area (Å²) >= 11 is 0. The first-order valence-corrected chi connectivity index (χ1v) is 34.9. The van der Waals surface area contributed by atoms with Gasteiger partial charge in [0.25, 0.3) is 11.8 Å². The molecule has 3 heterocycles. The summed E-state index contributed by atoms with van der Waals surface area (Å²) in [6.07, 6.45) is 1.08. The lowest BCUT2D eigenvalue weighted by molar-refractivity contribution is -0.313. The van der Waals surface area contributed by atoms with Crippen molar-refractivity contribution in [2.75, 3.05) is 38.7 Å². The van der Waals surface area contributed by atoms with E-state index in [0.29, 0.717) is 18.4 Å². The highest BCUT2D eigenvalue weighted by Gasteiger charge is 2.47. The minimum Gasteiger partial charge on any atom is -0.810 e. The summed E-state index contributed by atoms with van der Waals surface area (Å²) in [7, 11) is -20.1. The van der Waals surface area contributed by atoms with Crippen LogP contribution in [0.5, 0.6) is 5.75 Å². The first-order chi connectivity index (χ1) is 42.6. The van der Waals surface area contributed by atoms with Gasteiger partial charge in [0.05, 0.1) is 12.2 Å². The molecule has 31 nitrogen and oxygen atoms in total. The molecule has 1 aromatic heterocycles. The SMILES string of the molecule is C.CCCC.CCCC.CCN.CCN.Cn1c(=O)n([C@@H]2O[C@H](COP(=O)([O-])CP(=O)([O-])[O-])C(O)[C@@H]2O)cc/c1=N/OCc1ccc(C(=O)NCCCCNC(=O)c2ccc(C3=C4C=CC(=[NH2+])C(S(=O)(=O)[O-])C4Oc4c3ccc([NH3+])c4S(=O)(=O)[O-])c(C(=O)O)c2)cc1. The predicted molar refractivity (Wildman–Crippen MR) is 330 cm³/mol. The van der Waals surface area contributed by atoms with Crippen molar-refractivity contribution in [3.05, 3.63) is 134 Å². The van der Waals surface area contributed by atoms with E-state index >= 15 is 0 Å². The molecule has 0 radical (unpaired) electrons. The number of carbonyl (C=O) groups excluding carboxylic acids is 2. The molecule has 0 spiro atoms. The smallest absolute Gasteiger partial charge is 0.336 e. The molecule has 2 aliphatic heterocycles. The van der Waals surface area contributed by atoms with Crippen LogP contribution in [-0.4, -0.2) is 142 Å². The molecule has 7 rings (SSSR count). The Morgan fingerprint density at radius 1 is 0.815 bits per heavy atom. The number of benzene rings is 3. The number of aromatic nitrogens is 2. The van der Waals surface area contributed by atoms with Crippen molar-refractivity contribution < 1.29 is 109 Å². The molecule has 14 N–H and O–H groups in total. The van der Waals surface area contributed by atoms with Crippen LogP contribution < -0.4 is 63.8 Å². The van der Waals surface area contributed by atoms with Crippen LogP contribution in [0.3, 0.4) is 0 Å². The number of aliphatic hydroxyl groups is 2. The van der Waals surface area contributed by atoms with Gasteiger partial charge in [-0.05, 0) is 73.5 Å². The summed E-state index contributed by atoms with van der Waals surface area (Å²) in [4.78, 5) is 90.0. The molecule has 4 unspecified atom stereocenters. The normalized spacial score (nSPS) is 19.0. The van der Waals surface area contributed by atoms with Gasteiger partial charge in [0.15, 0.2) is 39.4 Å². The summed E-state index contributed by atoms with van der Waals surface area (Å²) in [5, 5.41) is 44.4. The van der Waals surface area contributed by atoms with Gasteiger partial charge in [-0.1, -0.05) is 106 Å². The van der Waals surface area contributed by atoms with Crippen molar-refractivity contribution in [1.82, 2.24) is 19.8 Å². The standard InChI is InChI=1S/C44H49N7O22P2S2.2C4H10.2C2H7N.CH4/c1-50-32(14-17-51(44(50)58)42-35(53)34(52)31(72-42)20-71-75(62,63)21-74(59,60)61)49-70-19-22-4-6-23(7-5-22)40(54)47-15-2-3-16-48-41(55)24-8-9-25(28(18-24)43(56)57)33-26-10-12-29(45)38(76(64,65)66)36(26)73-37-27(33)11-13-30(46)39(37)77(67,68)69;2*1-3-4-2;2*1-2-3;/h4-14,17-18,31,34-36,38,42,45,52-53H,2-3,15-16,19-21,46H2,1H3,(H,47,54)(H,48,55)(H,56,57)(H,62,63)(H2,59,60,61)(H,64,65,66)(H,67,68,69);2*3-4H2,1-2H3;2*2-3H2,1H3;1H4/p-3/b45-29?,49-32-;;;;;/t31-,34?,35+,36?,38?,42-;;;;;/m1...../s1. The zero-order valence-electron chi connectivity index (χ0n) is 51.3. The Bertz CT molecular complexity index is 3700. The zero-order valence-corrected chi connectivity index (χ0v) is 54.7. The number of fused-ring (bicyclic) bond motifs is 2. The van der Waals surface area contributed by atoms with Gasteiger partial charge in [0.1, 0.15) is 58.4 Å². The van der Waals surface area contributed by atoms with Crippen LogP contribution in [0.1, 0.15) is 141 Å². The molecular formula is C57H84N9O22P2S2-3. The van der Waals surface area contributed by atoms with Gasteiger partial charge in [-0.15, -0.1) is 0 Å². The fourth-order valence-electron chi connectivity index (χ4n) is 8.44. The van der Waals surface area contributed by atoms with Gasteiger partial charge >= 0.3 is 11.7 Å². The molecule has 2 amide bonds. The van der Waals surface area contributed by atoms with Crippen LogP contribution in [0.15, 0.2) is 99.4 Å². The number of quaternary nitrogens is 1. The quantitative estimate of drug-likeness (QED) is 0.0200. The topological polar surface area (TPSA) is 535 Å². The Kier molecular flexibility index (Phi) is 33.0. The first kappa shape index (κ1) is 81.5. The van der Waals surface area contributed by atoms with Crippen molar-refractivity contribution in [2.45, 2.75) is 135 Å². The summed E-state index contributed by atoms with van der Waals surface area (Å²) in [6.45, 7) is 13.2. The maximum atomic E-state index is 13.3. The van der Waals surface area contributed by atoms with E-state index in [1.165, 1.54) is 75.2 Å². The van der Waals surface area contributed by atoms with Gasteiger partial charge in [-0.2, -0.15) is 0 Å². The second-order valence-corrected chi connectivity index (χ2v) is 26.9. The Morgan fingerprint density at radius 3 is 1.86 bits per heavy atom. The number of ether oxygens (including phenoxy) is 2. The third kappa shape index (κ3) is 23.1. The number of nitrogens with two attached hydrogens (primary N) is 3. The lowest BCUT2D eigenvalue weighted by Crippen LogP contribution is -2.57. The number of aromatic carboxylic acids is 1. The van der Waals surface area contributed by atoms with E-state index < -0.39 is 129 Å². The minimum absolute atomic E-state index is 0. The fraction of sp³-hybridized carbons (Fsp3) is 0.474. The number of nitrogens with one attached hydrogen (secondary N) is 2. The van der Waals surface area contributed by atoms with Crippen LogP contribution in [0.25, 0.3) is 5.57 Å². The number of hydrogen-bond acceptors (Lipinski definition) is 24. The molecule has 514 valence electrons. The minimum atomic E-state index is -5.50. The predicted octanol–water partition coefficient (Wildman–Crippen LogP) is -0.879. The summed E-state index contributed by atoms with van der Waals surface area (Å²) in [5.74, 6) is -5.17. The number of rotatable bonds is 22. The largest absolute Gasteiger partial charge is 0.810 e. The molecule has 3 aromatic carbocycles. The maximum absolute atomic E-state index is 13.3. The van der Waals surface area contributed by atoms with Crippen LogP contribution in [0.4, 0.5) is 5.69 Å². The number of hydrogen-bond donors (Lipinski definition) is 9. The summed E-state index contributed by atoms with van der Waals surface area (Å²) < 4.78 is 115. The van der Waals surface area contributed by atoms with Crippen molar-refractivity contribution in [1.29, 1.82) is 0 Å². The molecule has 1 fully saturated rings. The Hall–Kier alpha value is -6.62. The third-order valence-corrected chi connectivity index (χ3v) is 18.5. The highest BCUT2D eigenvalue weighted by molar-refractivity contribution is 7.87. The Labute approximate surface area is 534 Å². The van der Waals surface area contributed by atoms with Crippen LogP contribution in [0.2, 0.25) is 0 Å². The second kappa shape index (κ2) is 37.3. The van der Waals surface area contributed by atoms with E-state index in [4.69, 9.17) is 31.2 Å². The average molecular weight is 1370 g/mol. The number of unbranched alkanes of at least 4 members (excludes halogenated alkanes) is 3. The Balaban J connectivity index is 0.00000175. The number of allylic oxidation sites excluding steroid dienone is 1. The van der Waals surface area contributed by atoms with E-state index in [0.717, 1.165) is 46.6 Å². The van der Waals surface area contributed by atoms with E-state index in [1.54, 1.807) is 12.1 Å². The molecule has 0 bridgehead atoms. The van der Waals surface area contributed by atoms with Crippen LogP contribution in [0, 0.1) is 0 Å². The molecule has 92 heavy (non-hydrogen) atoms. The van der Waals surface area contributed by atoms with Crippen molar-refractivity contribution in [3.8, 4) is 5.75 Å². The second-order valence-electron chi connectivity index (χ2n) is 20.3. The van der Waals surface area contributed by atoms with Crippen molar-refractivity contribution in [3.63, 3.8) is 0 Å². The molecule has 4 aromatic rings. The average Bonchev–Trinajstić information content (AvgIpc) is 0.853. The number of nitrogens with zero attached hydrogens (tertiary/aromatic N) is 3. The van der Waals surface area contributed by atoms with E-state index in [2.05, 4.69) is 53.7 Å². The van der Waals surface area contributed by atoms with Gasteiger partial charge in [-0.3, -0.25) is 24.1 Å². The fourth-order valence-corrected chi connectivity index (χ4v) is 12.5. The van der Waals surface area contributed by atoms with Gasteiger partial charge in [0.2, 0.25) is 0 Å². The first-order valence-electron chi connectivity index (χ1n) is 28.6. The van der Waals surface area contributed by atoms with Crippen LogP contribution >= 0.6 is 15.2 Å². The highest BCUT2D eigenvalue weighted by atomic mass is 32.2. The Morgan fingerprint density at radius 2 is 1.35 bits per heavy atom. The van der Waals surface area contributed by atoms with Crippen LogP contribution in [-0.2, 0) is 57.1 Å². The number of carboxylic acid groups (broad SMARTS) is 1. The molecule has 0 saturated carbocycles. The molecule has 3 aliphatic rings. The summed E-state index contributed by atoms with van der Waals surface area (Å²) in [5.41, 5.74) is 11.4. The van der Waals surface area contributed by atoms with E-state index in [1.807, 2.05) is 13.8 Å². The van der Waals surface area contributed by atoms with Gasteiger partial charge in [-0.25, -0.2) is 26.4 Å². The van der Waals surface area contributed by atoms with Gasteiger partial charge in [0, 0.05) is 78.3 Å². The highest BCUT2D eigenvalue weighted by Crippen LogP contribution is 2.49. The summed E-state index contributed by atoms with van der Waals surface area (Å²) in [6, 6.07) is 13.4. The third-order valence-electron chi connectivity index (χ3n) is 13.1. The number of carbonyl (C=O) groups is 3. The molecule has 7 atom stereocenters. The lowest BCUT2D eigenvalue weighted by atomic mass is 9.81. The molecular weight excluding hydrogens is 1290 g/mol. The van der Waals surface area contributed by atoms with E-state index in [-0.39, 0.29) is 71.7 Å². The molecule has 35 heteroatoms. The molecule has 1 aliphatic carbocycles. The monoisotopic (exact) mass is 1370 g/mol. The zero-order chi connectivity index (χ0) is 68.8. The maximum Gasteiger partial charge on any atom is 0.336 e. The van der Waals surface area contributed by atoms with Gasteiger partial charge < -0.3 is 94.9 Å². The lowest BCUT2D eigenvalue weighted by Gasteiger charge is -2.37. The van der Waals surface area contributed by atoms with Crippen molar-refractivity contribution in [2.24, 2.45) is 23.7 Å². The number of carboxylic acids is 1. The molecule has 1 saturated heterocycles. The van der Waals surface area contributed by atoms with Crippen molar-refractivity contribution >= 4 is 70.2 Å². The number of aliphatic hydroxyl groups excluding tert-OH is 2. The number of amides is 2.